The third-order valence-corrected chi connectivity index (χ3v) is 3.52. The molecule has 0 atom stereocenters. The summed E-state index contributed by atoms with van der Waals surface area (Å²) in [5.41, 5.74) is 1.01. The molecule has 0 bridgehead atoms. The van der Waals surface area contributed by atoms with E-state index in [0.29, 0.717) is 11.1 Å². The fourth-order valence-corrected chi connectivity index (χ4v) is 2.49. The number of para-hydroxylation sites is 1. The van der Waals surface area contributed by atoms with Gasteiger partial charge in [0.1, 0.15) is 18.1 Å². The molecular weight excluding hydrogens is 322 g/mol. The van der Waals surface area contributed by atoms with Gasteiger partial charge < -0.3 is 15.2 Å². The van der Waals surface area contributed by atoms with E-state index >= 15 is 0 Å². The van der Waals surface area contributed by atoms with Crippen LogP contribution in [0.5, 0.6) is 5.75 Å². The van der Waals surface area contributed by atoms with Crippen LogP contribution in [0.1, 0.15) is 26.4 Å². The van der Waals surface area contributed by atoms with Crippen molar-refractivity contribution in [1.29, 1.82) is 0 Å². The van der Waals surface area contributed by atoms with E-state index in [1.165, 1.54) is 12.1 Å². The van der Waals surface area contributed by atoms with Crippen LogP contribution in [0.3, 0.4) is 0 Å². The number of rotatable bonds is 5. The summed E-state index contributed by atoms with van der Waals surface area (Å²) < 4.78 is 29.9. The number of halogens is 2. The van der Waals surface area contributed by atoms with Gasteiger partial charge in [0.2, 0.25) is 0 Å². The van der Waals surface area contributed by atoms with Crippen LogP contribution >= 0.6 is 0 Å². The van der Waals surface area contributed by atoms with Crippen LogP contribution in [0, 0.1) is 0 Å². The van der Waals surface area contributed by atoms with E-state index in [1.54, 1.807) is 18.2 Å². The van der Waals surface area contributed by atoms with E-state index in [1.807, 2.05) is 0 Å². The lowest BCUT2D eigenvalue weighted by molar-refractivity contribution is 0.0690. The van der Waals surface area contributed by atoms with Crippen molar-refractivity contribution in [3.8, 4) is 17.0 Å². The number of nitrogens with zero attached hydrogens (tertiary/aromatic N) is 1. The normalized spacial score (nSPS) is 12.9. The Balaban J connectivity index is 2.15. The maximum absolute atomic E-state index is 12.4. The van der Waals surface area contributed by atoms with E-state index in [2.05, 4.69) is 10.3 Å². The van der Waals surface area contributed by atoms with Crippen molar-refractivity contribution < 1.29 is 28.2 Å². The minimum absolute atomic E-state index is 0.148. The molecular formula is C16H12F2N2O4. The summed E-state index contributed by atoms with van der Waals surface area (Å²) in [6, 6.07) is 7.53. The molecule has 0 spiro atoms. The van der Waals surface area contributed by atoms with Crippen LogP contribution in [0.15, 0.2) is 30.3 Å². The van der Waals surface area contributed by atoms with Gasteiger partial charge in [-0.3, -0.25) is 4.79 Å². The van der Waals surface area contributed by atoms with Crippen molar-refractivity contribution in [3.63, 3.8) is 0 Å². The number of aromatic nitrogens is 1. The summed E-state index contributed by atoms with van der Waals surface area (Å²) in [4.78, 5) is 27.2. The molecule has 1 aromatic carbocycles. The molecule has 1 aromatic heterocycles. The fourth-order valence-electron chi connectivity index (χ4n) is 2.49. The fraction of sp³-hybridized carbons (Fsp3) is 0.188. The Kier molecular flexibility index (Phi) is 4.11. The molecule has 2 aromatic rings. The van der Waals surface area contributed by atoms with Crippen molar-refractivity contribution >= 4 is 11.9 Å². The topological polar surface area (TPSA) is 88.5 Å². The second-order valence-electron chi connectivity index (χ2n) is 5.07. The number of carbonyl (C=O) groups excluding carboxylic acids is 1. The largest absolute Gasteiger partial charge is 0.487 e. The van der Waals surface area contributed by atoms with Gasteiger partial charge in [-0.25, -0.2) is 18.6 Å². The second kappa shape index (κ2) is 6.23. The van der Waals surface area contributed by atoms with Gasteiger partial charge in [0.15, 0.2) is 0 Å². The minimum atomic E-state index is -2.65. The first-order valence-electron chi connectivity index (χ1n) is 7.03. The van der Waals surface area contributed by atoms with Gasteiger partial charge >= 0.3 is 5.97 Å². The molecule has 0 radical (unpaired) electrons. The molecule has 0 saturated heterocycles. The maximum atomic E-state index is 12.4. The Bertz CT molecular complexity index is 824. The molecule has 3 rings (SSSR count). The van der Waals surface area contributed by atoms with Crippen LogP contribution in [0.2, 0.25) is 0 Å². The lowest BCUT2D eigenvalue weighted by Crippen LogP contribution is -2.12. The molecule has 8 heteroatoms. The molecule has 24 heavy (non-hydrogen) atoms. The molecule has 1 amide bonds. The Morgan fingerprint density at radius 3 is 2.79 bits per heavy atom. The number of carbonyl (C=O) groups is 2. The van der Waals surface area contributed by atoms with E-state index in [-0.39, 0.29) is 29.2 Å². The van der Waals surface area contributed by atoms with Crippen LogP contribution in [-0.2, 0) is 6.54 Å². The Morgan fingerprint density at radius 1 is 1.33 bits per heavy atom. The van der Waals surface area contributed by atoms with Crippen molar-refractivity contribution in [3.05, 3.63) is 47.2 Å². The quantitative estimate of drug-likeness (QED) is 0.876. The number of amides is 1. The van der Waals surface area contributed by atoms with Crippen molar-refractivity contribution in [1.82, 2.24) is 10.3 Å². The smallest absolute Gasteiger partial charge is 0.354 e. The first-order valence-corrected chi connectivity index (χ1v) is 7.03. The SMILES string of the molecule is O=C(O)c1cc2c(c(-c3ccccc3OCC(F)F)n1)CNC2=O. The molecule has 124 valence electrons. The summed E-state index contributed by atoms with van der Waals surface area (Å²) in [5.74, 6) is -1.54. The number of ether oxygens (including phenoxy) is 1. The van der Waals surface area contributed by atoms with Crippen molar-refractivity contribution in [2.24, 2.45) is 0 Å². The third-order valence-electron chi connectivity index (χ3n) is 3.52. The van der Waals surface area contributed by atoms with Gasteiger partial charge in [0, 0.05) is 23.2 Å². The number of benzene rings is 1. The lowest BCUT2D eigenvalue weighted by atomic mass is 10.0. The summed E-state index contributed by atoms with van der Waals surface area (Å²) >= 11 is 0. The van der Waals surface area contributed by atoms with Crippen LogP contribution < -0.4 is 10.1 Å². The molecule has 2 N–H and O–H groups in total. The number of fused-ring (bicyclic) bond motifs is 1. The summed E-state index contributed by atoms with van der Waals surface area (Å²) in [6.45, 7) is -0.616. The summed E-state index contributed by atoms with van der Waals surface area (Å²) in [5, 5.41) is 11.8. The van der Waals surface area contributed by atoms with Gasteiger partial charge in [0.05, 0.1) is 5.69 Å². The van der Waals surface area contributed by atoms with Crippen LogP contribution in [0.25, 0.3) is 11.3 Å². The molecule has 0 fully saturated rings. The van der Waals surface area contributed by atoms with Gasteiger partial charge in [0.25, 0.3) is 12.3 Å². The molecule has 1 aliphatic heterocycles. The van der Waals surface area contributed by atoms with Gasteiger partial charge in [-0.1, -0.05) is 12.1 Å². The second-order valence-corrected chi connectivity index (χ2v) is 5.07. The number of alkyl halides is 2. The predicted molar refractivity (Wildman–Crippen MR) is 79.3 cm³/mol. The number of hydrogen-bond donors (Lipinski definition) is 2. The number of hydrogen-bond acceptors (Lipinski definition) is 4. The molecule has 2 heterocycles. The zero-order chi connectivity index (χ0) is 17.3. The minimum Gasteiger partial charge on any atom is -0.487 e. The van der Waals surface area contributed by atoms with Gasteiger partial charge in [-0.2, -0.15) is 0 Å². The highest BCUT2D eigenvalue weighted by Gasteiger charge is 2.27. The van der Waals surface area contributed by atoms with Gasteiger partial charge in [-0.05, 0) is 18.2 Å². The molecule has 6 nitrogen and oxygen atoms in total. The van der Waals surface area contributed by atoms with Crippen LogP contribution in [-0.4, -0.2) is 35.0 Å². The number of nitrogens with one attached hydrogen (secondary N) is 1. The lowest BCUT2D eigenvalue weighted by Gasteiger charge is -2.13. The maximum Gasteiger partial charge on any atom is 0.354 e. The Hall–Kier alpha value is -3.03. The molecule has 1 aliphatic rings. The van der Waals surface area contributed by atoms with E-state index in [0.717, 1.165) is 0 Å². The molecule has 0 saturated carbocycles. The van der Waals surface area contributed by atoms with E-state index < -0.39 is 24.9 Å². The van der Waals surface area contributed by atoms with Crippen LogP contribution in [0.4, 0.5) is 8.78 Å². The number of aromatic carboxylic acids is 1. The van der Waals surface area contributed by atoms with Crippen molar-refractivity contribution in [2.45, 2.75) is 13.0 Å². The zero-order valence-corrected chi connectivity index (χ0v) is 12.3. The Morgan fingerprint density at radius 2 is 2.08 bits per heavy atom. The average Bonchev–Trinajstić information content (AvgIpc) is 2.94. The first-order chi connectivity index (χ1) is 11.5. The average molecular weight is 334 g/mol. The number of pyridine rings is 1. The zero-order valence-electron chi connectivity index (χ0n) is 12.3. The first kappa shape index (κ1) is 15.9. The van der Waals surface area contributed by atoms with E-state index in [9.17, 15) is 23.5 Å². The highest BCUT2D eigenvalue weighted by molar-refractivity contribution is 6.02. The predicted octanol–water partition coefficient (Wildman–Crippen LogP) is 2.33. The monoisotopic (exact) mass is 334 g/mol. The molecule has 0 aliphatic carbocycles. The third kappa shape index (κ3) is 2.90. The summed E-state index contributed by atoms with van der Waals surface area (Å²) in [7, 11) is 0. The Labute approximate surface area is 135 Å². The highest BCUT2D eigenvalue weighted by atomic mass is 19.3. The van der Waals surface area contributed by atoms with Crippen molar-refractivity contribution in [2.75, 3.05) is 6.61 Å². The van der Waals surface area contributed by atoms with E-state index in [4.69, 9.17) is 4.74 Å². The summed E-state index contributed by atoms with van der Waals surface area (Å²) in [6.07, 6.45) is -2.65. The number of carboxylic acids is 1. The highest BCUT2D eigenvalue weighted by Crippen LogP contribution is 2.34. The standard InChI is InChI=1S/C16H12F2N2O4/c17-13(18)7-24-12-4-2-1-3-8(12)14-10-6-19-15(21)9(10)5-11(20-14)16(22)23/h1-5,13H,6-7H2,(H,19,21)(H,22,23). The van der Waals surface area contributed by atoms with Gasteiger partial charge in [-0.15, -0.1) is 0 Å². The molecule has 0 unspecified atom stereocenters. The number of carboxylic acid groups (broad SMARTS) is 1.